The molecule has 58 valence electrons. The fourth-order valence-corrected chi connectivity index (χ4v) is 0.236. The largest absolute Gasteiger partial charge is 0.434 e. The van der Waals surface area contributed by atoms with Crippen LogP contribution < -0.4 is 0 Å². The van der Waals surface area contributed by atoms with Crippen molar-refractivity contribution < 1.29 is 22.3 Å². The Kier molecular flexibility index (Phi) is 3.62. The lowest BCUT2D eigenvalue weighted by molar-refractivity contribution is -0.207. The van der Waals surface area contributed by atoms with Crippen molar-refractivity contribution in [2.24, 2.45) is 5.16 Å². The first-order chi connectivity index (χ1) is 4.56. The van der Waals surface area contributed by atoms with E-state index >= 15 is 0 Å². The van der Waals surface area contributed by atoms with Gasteiger partial charge in [-0.15, -0.1) is 0 Å². The van der Waals surface area contributed by atoms with E-state index in [2.05, 4.69) is 21.1 Å². The first-order valence-electron chi connectivity index (χ1n) is 2.03. The van der Waals surface area contributed by atoms with Crippen molar-refractivity contribution in [3.8, 4) is 0 Å². The highest BCUT2D eigenvalue weighted by molar-refractivity contribution is 7.80. The second-order valence-electron chi connectivity index (χ2n) is 1.06. The van der Waals surface area contributed by atoms with E-state index in [9.17, 15) is 8.42 Å². The number of hydrogen-bond donors (Lipinski definition) is 1. The monoisotopic (exact) mass is 167 g/mol. The second-order valence-corrected chi connectivity index (χ2v) is 2.05. The van der Waals surface area contributed by atoms with E-state index < -0.39 is 10.4 Å². The molecule has 10 heavy (non-hydrogen) atoms. The molecule has 0 rings (SSSR count). The van der Waals surface area contributed by atoms with Crippen LogP contribution in [0.4, 0.5) is 0 Å². The smallest absolute Gasteiger partial charge is 0.261 e. The molecule has 0 aromatic rings. The molecule has 0 fully saturated rings. The fourth-order valence-electron chi connectivity index (χ4n) is 0.124. The van der Waals surface area contributed by atoms with Gasteiger partial charge in [0.05, 0.1) is 6.21 Å². The molecule has 0 spiro atoms. The van der Waals surface area contributed by atoms with Crippen LogP contribution in [0.25, 0.3) is 0 Å². The van der Waals surface area contributed by atoms with Crippen LogP contribution in [0.2, 0.25) is 0 Å². The van der Waals surface area contributed by atoms with Crippen LogP contribution in [-0.4, -0.2) is 19.2 Å². The van der Waals surface area contributed by atoms with Gasteiger partial charge in [-0.25, -0.2) is 4.99 Å². The molecule has 0 aliphatic rings. The zero-order valence-corrected chi connectivity index (χ0v) is 5.61. The Morgan fingerprint density at radius 3 is 2.60 bits per heavy atom. The highest BCUT2D eigenvalue weighted by Gasteiger charge is 2.03. The topological polar surface area (TPSA) is 85.2 Å². The van der Waals surface area contributed by atoms with Gasteiger partial charge in [-0.1, -0.05) is 11.7 Å². The SMILES string of the molecule is C=CC=NOOS(=O)(=O)O. The maximum absolute atomic E-state index is 9.70. The minimum Gasteiger partial charge on any atom is -0.261 e. The van der Waals surface area contributed by atoms with E-state index in [4.69, 9.17) is 4.55 Å². The second kappa shape index (κ2) is 3.99. The van der Waals surface area contributed by atoms with Crippen molar-refractivity contribution in [3.63, 3.8) is 0 Å². The molecule has 0 amide bonds. The van der Waals surface area contributed by atoms with Crippen LogP contribution in [0.15, 0.2) is 17.8 Å². The van der Waals surface area contributed by atoms with Crippen LogP contribution in [-0.2, 0) is 19.7 Å². The number of rotatable bonds is 4. The molecule has 6 nitrogen and oxygen atoms in total. The highest BCUT2D eigenvalue weighted by Crippen LogP contribution is 1.86. The molecule has 0 radical (unpaired) electrons. The predicted molar refractivity (Wildman–Crippen MR) is 32.4 cm³/mol. The lowest BCUT2D eigenvalue weighted by Gasteiger charge is -1.89. The van der Waals surface area contributed by atoms with Crippen molar-refractivity contribution in [1.82, 2.24) is 0 Å². The van der Waals surface area contributed by atoms with Gasteiger partial charge in [0.2, 0.25) is 0 Å². The Bertz CT molecular complexity index is 217. The van der Waals surface area contributed by atoms with E-state index in [0.29, 0.717) is 0 Å². The molecule has 0 aliphatic heterocycles. The van der Waals surface area contributed by atoms with Gasteiger partial charge in [0.25, 0.3) is 0 Å². The third-order valence-corrected chi connectivity index (χ3v) is 0.559. The lowest BCUT2D eigenvalue weighted by atomic mass is 10.7. The van der Waals surface area contributed by atoms with E-state index in [-0.39, 0.29) is 0 Å². The third kappa shape index (κ3) is 7.08. The zero-order chi connectivity index (χ0) is 8.04. The average molecular weight is 167 g/mol. The minimum absolute atomic E-state index is 1.03. The summed E-state index contributed by atoms with van der Waals surface area (Å²) >= 11 is 0. The zero-order valence-electron chi connectivity index (χ0n) is 4.80. The Morgan fingerprint density at radius 2 is 2.20 bits per heavy atom. The number of hydrogen-bond acceptors (Lipinski definition) is 5. The van der Waals surface area contributed by atoms with Gasteiger partial charge < -0.3 is 0 Å². The molecular formula is C3H5NO5S. The highest BCUT2D eigenvalue weighted by atomic mass is 32.3. The minimum atomic E-state index is -4.57. The summed E-state index contributed by atoms with van der Waals surface area (Å²) in [7, 11) is -4.57. The molecule has 7 heteroatoms. The number of oxime groups is 1. The molecule has 0 aromatic heterocycles. The van der Waals surface area contributed by atoms with E-state index in [1.807, 2.05) is 0 Å². The molecule has 0 atom stereocenters. The molecule has 0 bridgehead atoms. The predicted octanol–water partition coefficient (Wildman–Crippen LogP) is -0.0908. The average Bonchev–Trinajstić information content (AvgIpc) is 1.78. The number of nitrogens with zero attached hydrogens (tertiary/aromatic N) is 1. The molecule has 0 aromatic carbocycles. The molecule has 0 saturated carbocycles. The quantitative estimate of drug-likeness (QED) is 0.273. The van der Waals surface area contributed by atoms with E-state index in [1.54, 1.807) is 0 Å². The summed E-state index contributed by atoms with van der Waals surface area (Å²) in [6.07, 6.45) is 2.26. The third-order valence-electron chi connectivity index (χ3n) is 0.326. The summed E-state index contributed by atoms with van der Waals surface area (Å²) in [6.45, 7) is 3.20. The molecular weight excluding hydrogens is 162 g/mol. The van der Waals surface area contributed by atoms with Gasteiger partial charge in [0, 0.05) is 0 Å². The van der Waals surface area contributed by atoms with Gasteiger partial charge in [-0.2, -0.15) is 8.42 Å². The molecule has 0 unspecified atom stereocenters. The molecule has 0 aliphatic carbocycles. The standard InChI is InChI=1S/C3H5NO5S/c1-2-3-4-8-9-10(5,6)7/h2-3H,1H2,(H,5,6,7). The van der Waals surface area contributed by atoms with Crippen LogP contribution in [0.3, 0.4) is 0 Å². The van der Waals surface area contributed by atoms with Crippen molar-refractivity contribution >= 4 is 16.6 Å². The Balaban J connectivity index is 3.57. The van der Waals surface area contributed by atoms with Crippen LogP contribution >= 0.6 is 0 Å². The van der Waals surface area contributed by atoms with Crippen LogP contribution in [0.1, 0.15) is 0 Å². The van der Waals surface area contributed by atoms with E-state index in [0.717, 1.165) is 6.21 Å². The van der Waals surface area contributed by atoms with Gasteiger partial charge in [0.1, 0.15) is 0 Å². The van der Waals surface area contributed by atoms with Gasteiger partial charge in [0.15, 0.2) is 0 Å². The first-order valence-corrected chi connectivity index (χ1v) is 3.40. The Morgan fingerprint density at radius 1 is 1.60 bits per heavy atom. The maximum Gasteiger partial charge on any atom is 0.434 e. The molecule has 0 saturated heterocycles. The van der Waals surface area contributed by atoms with Crippen LogP contribution in [0, 0.1) is 0 Å². The summed E-state index contributed by atoms with van der Waals surface area (Å²) in [5.41, 5.74) is 0. The lowest BCUT2D eigenvalue weighted by Crippen LogP contribution is -2.01. The first kappa shape index (κ1) is 9.08. The molecule has 0 heterocycles. The summed E-state index contributed by atoms with van der Waals surface area (Å²) in [5, 5.41) is 2.87. The van der Waals surface area contributed by atoms with Crippen molar-refractivity contribution in [2.75, 3.05) is 0 Å². The summed E-state index contributed by atoms with van der Waals surface area (Å²) in [5.74, 6) is 0. The van der Waals surface area contributed by atoms with E-state index in [1.165, 1.54) is 6.08 Å². The van der Waals surface area contributed by atoms with Crippen LogP contribution in [0.5, 0.6) is 0 Å². The van der Waals surface area contributed by atoms with Gasteiger partial charge in [-0.05, 0) is 10.4 Å². The fraction of sp³-hybridized carbons (Fsp3) is 0. The number of allylic oxidation sites excluding steroid dienone is 1. The summed E-state index contributed by atoms with van der Waals surface area (Å²) in [4.78, 5) is 3.60. The van der Waals surface area contributed by atoms with Gasteiger partial charge >= 0.3 is 10.4 Å². The Hall–Kier alpha value is -0.920. The van der Waals surface area contributed by atoms with Gasteiger partial charge in [-0.3, -0.25) is 4.55 Å². The normalized spacial score (nSPS) is 11.7. The Labute approximate surface area is 57.6 Å². The maximum atomic E-state index is 9.70. The molecule has 1 N–H and O–H groups in total. The van der Waals surface area contributed by atoms with Crippen molar-refractivity contribution in [3.05, 3.63) is 12.7 Å². The van der Waals surface area contributed by atoms with Crippen molar-refractivity contribution in [2.45, 2.75) is 0 Å². The summed E-state index contributed by atoms with van der Waals surface area (Å²) < 4.78 is 30.6. The summed E-state index contributed by atoms with van der Waals surface area (Å²) in [6, 6.07) is 0. The van der Waals surface area contributed by atoms with Crippen molar-refractivity contribution in [1.29, 1.82) is 0 Å².